The van der Waals surface area contributed by atoms with Gasteiger partial charge in [0.15, 0.2) is 11.5 Å². The number of nitrogen functional groups attached to an aromatic ring is 1. The maximum atomic E-state index is 13.5. The summed E-state index contributed by atoms with van der Waals surface area (Å²) in [5, 5.41) is 3.74. The number of hydrogen-bond donors (Lipinski definition) is 2. The van der Waals surface area contributed by atoms with Crippen LogP contribution < -0.4 is 11.5 Å². The van der Waals surface area contributed by atoms with Crippen molar-refractivity contribution in [1.82, 2.24) is 9.78 Å². The number of amidine groups is 1. The number of alkyl halides is 3. The summed E-state index contributed by atoms with van der Waals surface area (Å²) in [4.78, 5) is 16.3. The minimum atomic E-state index is -4.74. The lowest BCUT2D eigenvalue weighted by Crippen LogP contribution is -2.29. The van der Waals surface area contributed by atoms with Gasteiger partial charge in [0.1, 0.15) is 5.84 Å². The highest BCUT2D eigenvalue weighted by Gasteiger charge is 2.45. The molecule has 148 valence electrons. The van der Waals surface area contributed by atoms with E-state index < -0.39 is 23.1 Å². The van der Waals surface area contributed by atoms with Crippen molar-refractivity contribution in [3.8, 4) is 5.69 Å². The predicted molar refractivity (Wildman–Crippen MR) is 100 cm³/mol. The van der Waals surface area contributed by atoms with E-state index in [0.717, 1.165) is 4.68 Å². The number of anilines is 1. The van der Waals surface area contributed by atoms with Gasteiger partial charge in [0.2, 0.25) is 0 Å². The van der Waals surface area contributed by atoms with Gasteiger partial charge in [-0.05, 0) is 30.0 Å². The van der Waals surface area contributed by atoms with Gasteiger partial charge in [-0.2, -0.15) is 18.3 Å². The Kier molecular flexibility index (Phi) is 4.57. The molecule has 28 heavy (non-hydrogen) atoms. The minimum absolute atomic E-state index is 0.0321. The van der Waals surface area contributed by atoms with E-state index in [2.05, 4.69) is 16.7 Å². The maximum Gasteiger partial charge on any atom is 0.435 e. The molecule has 0 atom stereocenters. The zero-order valence-electron chi connectivity index (χ0n) is 15.5. The Morgan fingerprint density at radius 1 is 1.36 bits per heavy atom. The number of Topliss-reactive ketones (excluding diaryl/α,β-unsaturated/α-hetero) is 1. The molecule has 0 aliphatic heterocycles. The number of benzene rings is 1. The lowest BCUT2D eigenvalue weighted by molar-refractivity contribution is -0.141. The van der Waals surface area contributed by atoms with Crippen LogP contribution in [0.1, 0.15) is 47.6 Å². The van der Waals surface area contributed by atoms with Gasteiger partial charge in [-0.1, -0.05) is 20.4 Å². The third-order valence-corrected chi connectivity index (χ3v) is 4.60. The highest BCUT2D eigenvalue weighted by atomic mass is 19.4. The number of carbonyl (C=O) groups is 1. The summed E-state index contributed by atoms with van der Waals surface area (Å²) in [7, 11) is 0. The number of hydrogen-bond acceptors (Lipinski definition) is 4. The maximum absolute atomic E-state index is 13.5. The number of fused-ring (bicyclic) bond motifs is 1. The van der Waals surface area contributed by atoms with Gasteiger partial charge >= 0.3 is 6.18 Å². The molecule has 0 saturated carbocycles. The Labute approximate surface area is 159 Å². The van der Waals surface area contributed by atoms with Crippen LogP contribution in [0.25, 0.3) is 5.69 Å². The van der Waals surface area contributed by atoms with Crippen LogP contribution in [0.4, 0.5) is 18.9 Å². The second-order valence-corrected chi connectivity index (χ2v) is 7.49. The van der Waals surface area contributed by atoms with Crippen molar-refractivity contribution in [2.45, 2.75) is 32.9 Å². The lowest BCUT2D eigenvalue weighted by Gasteiger charge is -2.29. The molecule has 2 aromatic rings. The Morgan fingerprint density at radius 3 is 2.61 bits per heavy atom. The quantitative estimate of drug-likeness (QED) is 0.475. The van der Waals surface area contributed by atoms with Crippen molar-refractivity contribution in [3.05, 3.63) is 53.5 Å². The van der Waals surface area contributed by atoms with Crippen molar-refractivity contribution in [2.24, 2.45) is 16.1 Å². The number of aliphatic imine (C=N–C) groups is 1. The van der Waals surface area contributed by atoms with Crippen LogP contribution in [-0.2, 0) is 12.6 Å². The number of ketones is 1. The van der Waals surface area contributed by atoms with Crippen LogP contribution in [-0.4, -0.2) is 21.4 Å². The van der Waals surface area contributed by atoms with E-state index >= 15 is 0 Å². The summed E-state index contributed by atoms with van der Waals surface area (Å²) in [6.07, 6.45) is -3.17. The molecule has 0 radical (unpaired) electrons. The Morgan fingerprint density at radius 2 is 2.04 bits per heavy atom. The molecule has 1 aliphatic carbocycles. The van der Waals surface area contributed by atoms with E-state index in [4.69, 9.17) is 11.5 Å². The third-order valence-electron chi connectivity index (χ3n) is 4.60. The molecular weight excluding hydrogens is 371 g/mol. The summed E-state index contributed by atoms with van der Waals surface area (Å²) in [5.41, 5.74) is 11.0. The first-order chi connectivity index (χ1) is 12.9. The monoisotopic (exact) mass is 391 g/mol. The number of aromatic nitrogens is 2. The van der Waals surface area contributed by atoms with Crippen LogP contribution in [0, 0.1) is 5.41 Å². The molecular formula is C19H20F3N5O. The Balaban J connectivity index is 2.21. The molecule has 1 aromatic heterocycles. The first-order valence-corrected chi connectivity index (χ1v) is 8.51. The first-order valence-electron chi connectivity index (χ1n) is 8.51. The molecule has 0 spiro atoms. The Hall–Kier alpha value is -3.10. The van der Waals surface area contributed by atoms with Gasteiger partial charge in [-0.3, -0.25) is 4.79 Å². The lowest BCUT2D eigenvalue weighted by atomic mass is 9.75. The summed E-state index contributed by atoms with van der Waals surface area (Å²) < 4.78 is 41.7. The van der Waals surface area contributed by atoms with Crippen molar-refractivity contribution >= 4 is 17.3 Å². The zero-order valence-corrected chi connectivity index (χ0v) is 15.5. The fourth-order valence-corrected chi connectivity index (χ4v) is 3.44. The van der Waals surface area contributed by atoms with Crippen molar-refractivity contribution in [3.63, 3.8) is 0 Å². The summed E-state index contributed by atoms with van der Waals surface area (Å²) in [5.74, 6) is -0.425. The second-order valence-electron chi connectivity index (χ2n) is 7.49. The smallest absolute Gasteiger partial charge is 0.398 e. The molecule has 0 unspecified atom stereocenters. The number of rotatable bonds is 3. The van der Waals surface area contributed by atoms with E-state index in [1.807, 2.05) is 13.8 Å². The third kappa shape index (κ3) is 3.39. The van der Waals surface area contributed by atoms with Gasteiger partial charge in [0, 0.05) is 23.9 Å². The largest absolute Gasteiger partial charge is 0.435 e. The summed E-state index contributed by atoms with van der Waals surface area (Å²) >= 11 is 0. The van der Waals surface area contributed by atoms with Crippen LogP contribution in [0.15, 0.2) is 36.0 Å². The van der Waals surface area contributed by atoms with E-state index in [0.29, 0.717) is 11.3 Å². The molecule has 4 N–H and O–H groups in total. The summed E-state index contributed by atoms with van der Waals surface area (Å²) in [6.45, 7) is 7.13. The summed E-state index contributed by atoms with van der Waals surface area (Å²) in [6, 6.07) is 4.54. The molecule has 9 heteroatoms. The van der Waals surface area contributed by atoms with Crippen molar-refractivity contribution < 1.29 is 18.0 Å². The average molecular weight is 391 g/mol. The second kappa shape index (κ2) is 6.50. The van der Waals surface area contributed by atoms with E-state index in [-0.39, 0.29) is 35.6 Å². The zero-order chi connectivity index (χ0) is 20.9. The van der Waals surface area contributed by atoms with Crippen LogP contribution >= 0.6 is 0 Å². The Bertz CT molecular complexity index is 1000. The molecule has 0 bridgehead atoms. The van der Waals surface area contributed by atoms with Gasteiger partial charge in [-0.25, -0.2) is 9.67 Å². The van der Waals surface area contributed by atoms with Crippen molar-refractivity contribution in [2.75, 3.05) is 5.73 Å². The standard InChI is InChI=1S/C19H20F3N5O/c1-4-25-17(24)11-6-5-10(7-12(11)23)27-13-8-18(2,3)9-14(28)15(13)16(26-27)19(20,21)22/h4-7H,1,8-9,23H2,2-3H3,(H2,24,25). The molecule has 0 saturated heterocycles. The molecule has 6 nitrogen and oxygen atoms in total. The number of carbonyl (C=O) groups excluding carboxylic acids is 1. The highest BCUT2D eigenvalue weighted by molar-refractivity contribution is 6.02. The molecule has 3 rings (SSSR count). The van der Waals surface area contributed by atoms with Crippen LogP contribution in [0.2, 0.25) is 0 Å². The normalized spacial score (nSPS) is 16.8. The number of nitrogens with zero attached hydrogens (tertiary/aromatic N) is 3. The van der Waals surface area contributed by atoms with Crippen LogP contribution in [0.5, 0.6) is 0 Å². The van der Waals surface area contributed by atoms with E-state index in [9.17, 15) is 18.0 Å². The van der Waals surface area contributed by atoms with Gasteiger partial charge in [-0.15, -0.1) is 0 Å². The minimum Gasteiger partial charge on any atom is -0.398 e. The topological polar surface area (TPSA) is 99.3 Å². The predicted octanol–water partition coefficient (Wildman–Crippen LogP) is 3.48. The molecule has 1 aromatic carbocycles. The van der Waals surface area contributed by atoms with Gasteiger partial charge < -0.3 is 11.5 Å². The molecule has 0 amide bonds. The highest BCUT2D eigenvalue weighted by Crippen LogP contribution is 2.41. The molecule has 1 aliphatic rings. The average Bonchev–Trinajstić information content (AvgIpc) is 2.93. The fraction of sp³-hybridized carbons (Fsp3) is 0.316. The van der Waals surface area contributed by atoms with Gasteiger partial charge in [0.05, 0.1) is 16.9 Å². The first kappa shape index (κ1) is 19.7. The van der Waals surface area contributed by atoms with Crippen molar-refractivity contribution in [1.29, 1.82) is 0 Å². The number of halogens is 3. The van der Waals surface area contributed by atoms with Crippen LogP contribution in [0.3, 0.4) is 0 Å². The molecule has 0 fully saturated rings. The van der Waals surface area contributed by atoms with Gasteiger partial charge in [0.25, 0.3) is 0 Å². The van der Waals surface area contributed by atoms with E-state index in [1.54, 1.807) is 6.07 Å². The van der Waals surface area contributed by atoms with E-state index in [1.165, 1.54) is 18.3 Å². The molecule has 1 heterocycles. The number of nitrogens with two attached hydrogens (primary N) is 2. The SMILES string of the molecule is C=C/N=C(/N)c1ccc(-n2nc(C(F)(F)F)c3c2CC(C)(C)CC3=O)cc1N. The fourth-order valence-electron chi connectivity index (χ4n) is 3.44.